The normalized spacial score (nSPS) is 11.0. The molecule has 0 bridgehead atoms. The molecule has 1 N–H and O–H groups in total. The summed E-state index contributed by atoms with van der Waals surface area (Å²) in [6.07, 6.45) is 1.48. The molecule has 0 fully saturated rings. The van der Waals surface area contributed by atoms with Crippen molar-refractivity contribution in [1.82, 2.24) is 5.43 Å². The van der Waals surface area contributed by atoms with Crippen molar-refractivity contribution in [2.24, 2.45) is 5.10 Å². The summed E-state index contributed by atoms with van der Waals surface area (Å²) in [5.41, 5.74) is 5.69. The molecule has 5 aromatic rings. The van der Waals surface area contributed by atoms with E-state index in [-0.39, 0.29) is 6.61 Å². The van der Waals surface area contributed by atoms with Gasteiger partial charge in [0.15, 0.2) is 0 Å². The number of nitrogens with one attached hydrogen (secondary N) is 1. The highest BCUT2D eigenvalue weighted by Gasteiger charge is 2.14. The van der Waals surface area contributed by atoms with Crippen LogP contribution >= 0.6 is 23.2 Å². The Kier molecular flexibility index (Phi) is 8.63. The van der Waals surface area contributed by atoms with E-state index in [4.69, 9.17) is 32.7 Å². The standard InChI is InChI=1S/C33H24Cl2N2O4/c1-21-5-4-7-24(17-21)33(39)41-31-16-12-22-6-2-3-8-28(22)29(31)19-36-37-32(38)23-10-14-27(15-11-23)40-20-25-9-13-26(34)18-30(25)35/h2-19H,20H2,1H3,(H,37,38)/b36-19+. The van der Waals surface area contributed by atoms with Gasteiger partial charge in [0, 0.05) is 26.7 Å². The number of esters is 1. The van der Waals surface area contributed by atoms with Gasteiger partial charge in [-0.05, 0) is 72.3 Å². The molecule has 0 atom stereocenters. The first-order valence-electron chi connectivity index (χ1n) is 12.7. The molecule has 0 aliphatic rings. The van der Waals surface area contributed by atoms with Crippen molar-refractivity contribution in [2.45, 2.75) is 13.5 Å². The van der Waals surface area contributed by atoms with E-state index in [9.17, 15) is 9.59 Å². The van der Waals surface area contributed by atoms with E-state index in [0.717, 1.165) is 21.9 Å². The zero-order valence-corrected chi connectivity index (χ0v) is 23.4. The number of hydrazone groups is 1. The number of hydrogen-bond acceptors (Lipinski definition) is 5. The summed E-state index contributed by atoms with van der Waals surface area (Å²) < 4.78 is 11.5. The summed E-state index contributed by atoms with van der Waals surface area (Å²) in [6, 6.07) is 30.3. The van der Waals surface area contributed by atoms with E-state index in [0.29, 0.717) is 38.2 Å². The van der Waals surface area contributed by atoms with Gasteiger partial charge in [0.05, 0.1) is 11.8 Å². The van der Waals surface area contributed by atoms with Crippen LogP contribution in [0.1, 0.15) is 37.4 Å². The Morgan fingerprint density at radius 3 is 2.44 bits per heavy atom. The van der Waals surface area contributed by atoms with E-state index in [1.165, 1.54) is 6.21 Å². The van der Waals surface area contributed by atoms with Crippen LogP contribution in [0.15, 0.2) is 108 Å². The number of carbonyl (C=O) groups excluding carboxylic acids is 2. The molecule has 5 aromatic carbocycles. The molecule has 0 saturated heterocycles. The van der Waals surface area contributed by atoms with Crippen LogP contribution in [0, 0.1) is 6.92 Å². The van der Waals surface area contributed by atoms with Gasteiger partial charge in [0.25, 0.3) is 5.91 Å². The molecule has 0 aliphatic heterocycles. The molecule has 0 heterocycles. The lowest BCUT2D eigenvalue weighted by Crippen LogP contribution is -2.17. The average molecular weight is 583 g/mol. The van der Waals surface area contributed by atoms with E-state index in [1.807, 2.05) is 43.3 Å². The van der Waals surface area contributed by atoms with Crippen molar-refractivity contribution in [3.8, 4) is 11.5 Å². The van der Waals surface area contributed by atoms with Gasteiger partial charge >= 0.3 is 5.97 Å². The summed E-state index contributed by atoms with van der Waals surface area (Å²) >= 11 is 12.1. The zero-order chi connectivity index (χ0) is 28.8. The van der Waals surface area contributed by atoms with Crippen LogP contribution in [0.5, 0.6) is 11.5 Å². The Hall–Kier alpha value is -4.65. The number of hydrogen-bond donors (Lipinski definition) is 1. The first-order valence-corrected chi connectivity index (χ1v) is 13.4. The van der Waals surface area contributed by atoms with Gasteiger partial charge in [-0.25, -0.2) is 10.2 Å². The monoisotopic (exact) mass is 582 g/mol. The summed E-state index contributed by atoms with van der Waals surface area (Å²) in [7, 11) is 0. The number of amides is 1. The Morgan fingerprint density at radius 1 is 0.854 bits per heavy atom. The largest absolute Gasteiger partial charge is 0.489 e. The van der Waals surface area contributed by atoms with E-state index >= 15 is 0 Å². The van der Waals surface area contributed by atoms with Crippen LogP contribution in [0.4, 0.5) is 0 Å². The van der Waals surface area contributed by atoms with Crippen molar-refractivity contribution >= 4 is 52.1 Å². The molecule has 0 spiro atoms. The molecule has 8 heteroatoms. The Balaban J connectivity index is 1.28. The molecule has 204 valence electrons. The number of ether oxygens (including phenoxy) is 2. The third kappa shape index (κ3) is 6.92. The molecule has 41 heavy (non-hydrogen) atoms. The molecule has 0 aliphatic carbocycles. The topological polar surface area (TPSA) is 77.0 Å². The van der Waals surface area contributed by atoms with Gasteiger partial charge in [-0.2, -0.15) is 5.10 Å². The Labute approximate surface area is 247 Å². The minimum absolute atomic E-state index is 0.258. The molecular formula is C33H24Cl2N2O4. The fraction of sp³-hybridized carbons (Fsp3) is 0.0606. The molecule has 5 rings (SSSR count). The smallest absolute Gasteiger partial charge is 0.343 e. The van der Waals surface area contributed by atoms with Gasteiger partial charge in [-0.3, -0.25) is 4.79 Å². The maximum Gasteiger partial charge on any atom is 0.343 e. The van der Waals surface area contributed by atoms with E-state index in [2.05, 4.69) is 10.5 Å². The minimum atomic E-state index is -0.483. The number of aryl methyl sites for hydroxylation is 1. The zero-order valence-electron chi connectivity index (χ0n) is 21.9. The van der Waals surface area contributed by atoms with Gasteiger partial charge < -0.3 is 9.47 Å². The molecule has 0 saturated carbocycles. The first-order chi connectivity index (χ1) is 19.9. The summed E-state index contributed by atoms with van der Waals surface area (Å²) in [4.78, 5) is 25.6. The van der Waals surface area contributed by atoms with Gasteiger partial charge in [0.2, 0.25) is 0 Å². The number of halogens is 2. The molecule has 0 radical (unpaired) electrons. The lowest BCUT2D eigenvalue weighted by molar-refractivity contribution is 0.0734. The highest BCUT2D eigenvalue weighted by atomic mass is 35.5. The highest BCUT2D eigenvalue weighted by molar-refractivity contribution is 6.35. The Bertz CT molecular complexity index is 1770. The van der Waals surface area contributed by atoms with Gasteiger partial charge in [-0.1, -0.05) is 77.3 Å². The summed E-state index contributed by atoms with van der Waals surface area (Å²) in [6.45, 7) is 2.17. The predicted molar refractivity (Wildman–Crippen MR) is 162 cm³/mol. The van der Waals surface area contributed by atoms with E-state index in [1.54, 1.807) is 66.7 Å². The van der Waals surface area contributed by atoms with Crippen molar-refractivity contribution in [1.29, 1.82) is 0 Å². The number of fused-ring (bicyclic) bond motifs is 1. The number of nitrogens with zero attached hydrogens (tertiary/aromatic N) is 1. The van der Waals surface area contributed by atoms with Gasteiger partial charge in [-0.15, -0.1) is 0 Å². The second-order valence-corrected chi connectivity index (χ2v) is 10.0. The molecule has 1 amide bonds. The lowest BCUT2D eigenvalue weighted by Gasteiger charge is -2.11. The van der Waals surface area contributed by atoms with Crippen molar-refractivity contribution in [2.75, 3.05) is 0 Å². The van der Waals surface area contributed by atoms with E-state index < -0.39 is 11.9 Å². The fourth-order valence-corrected chi connectivity index (χ4v) is 4.61. The highest BCUT2D eigenvalue weighted by Crippen LogP contribution is 2.28. The van der Waals surface area contributed by atoms with Crippen LogP contribution in [0.25, 0.3) is 10.8 Å². The van der Waals surface area contributed by atoms with Crippen molar-refractivity contribution < 1.29 is 19.1 Å². The SMILES string of the molecule is Cc1cccc(C(=O)Oc2ccc3ccccc3c2/C=N/NC(=O)c2ccc(OCc3ccc(Cl)cc3Cl)cc2)c1. The Morgan fingerprint density at radius 2 is 1.66 bits per heavy atom. The predicted octanol–water partition coefficient (Wildman–Crippen LogP) is 8.02. The molecule has 0 aromatic heterocycles. The maximum atomic E-state index is 12.8. The van der Waals surface area contributed by atoms with Crippen molar-refractivity contribution in [3.05, 3.63) is 141 Å². The number of rotatable bonds is 8. The third-order valence-corrected chi connectivity index (χ3v) is 6.86. The maximum absolute atomic E-state index is 12.8. The van der Waals surface area contributed by atoms with Gasteiger partial charge in [0.1, 0.15) is 18.1 Å². The van der Waals surface area contributed by atoms with Crippen LogP contribution in [-0.2, 0) is 6.61 Å². The molecule has 0 unspecified atom stereocenters. The first kappa shape index (κ1) is 27.9. The summed E-state index contributed by atoms with van der Waals surface area (Å²) in [5, 5.41) is 6.99. The van der Waals surface area contributed by atoms with Crippen LogP contribution in [0.3, 0.4) is 0 Å². The fourth-order valence-electron chi connectivity index (χ4n) is 4.15. The van der Waals surface area contributed by atoms with Crippen LogP contribution < -0.4 is 14.9 Å². The average Bonchev–Trinajstić information content (AvgIpc) is 2.97. The van der Waals surface area contributed by atoms with Crippen LogP contribution in [0.2, 0.25) is 10.0 Å². The molecular weight excluding hydrogens is 559 g/mol. The molecule has 6 nitrogen and oxygen atoms in total. The number of carbonyl (C=O) groups is 2. The quantitative estimate of drug-likeness (QED) is 0.0869. The van der Waals surface area contributed by atoms with Crippen molar-refractivity contribution in [3.63, 3.8) is 0 Å². The number of benzene rings is 5. The second kappa shape index (κ2) is 12.7. The summed E-state index contributed by atoms with van der Waals surface area (Å²) in [5.74, 6) is 0.0118. The third-order valence-electron chi connectivity index (χ3n) is 6.27. The lowest BCUT2D eigenvalue weighted by atomic mass is 10.0. The second-order valence-electron chi connectivity index (χ2n) is 9.21. The van der Waals surface area contributed by atoms with Crippen LogP contribution in [-0.4, -0.2) is 18.1 Å². The minimum Gasteiger partial charge on any atom is -0.489 e.